The van der Waals surface area contributed by atoms with Crippen molar-refractivity contribution < 1.29 is 4.79 Å². The average molecular weight is 229 g/mol. The number of carbonyl (C=O) groups is 1. The molecule has 0 aliphatic carbocycles. The summed E-state index contributed by atoms with van der Waals surface area (Å²) in [5.74, 6) is -0.0380. The average Bonchev–Trinajstić information content (AvgIpc) is 2.72. The number of anilines is 1. The highest BCUT2D eigenvalue weighted by molar-refractivity contribution is 5.87. The Labute approximate surface area is 101 Å². The van der Waals surface area contributed by atoms with E-state index in [4.69, 9.17) is 5.26 Å². The van der Waals surface area contributed by atoms with Crippen molar-refractivity contribution in [1.82, 2.24) is 5.32 Å². The summed E-state index contributed by atoms with van der Waals surface area (Å²) in [6, 6.07) is 9.65. The molecule has 1 aromatic rings. The van der Waals surface area contributed by atoms with Crippen LogP contribution in [0.5, 0.6) is 0 Å². The van der Waals surface area contributed by atoms with Crippen molar-refractivity contribution in [2.24, 2.45) is 0 Å². The fraction of sp³-hybridized carbons (Fsp3) is 0.385. The topological polar surface area (TPSA) is 64.9 Å². The predicted molar refractivity (Wildman–Crippen MR) is 65.4 cm³/mol. The standard InChI is InChI=1S/C13H15N3O/c1-9(6-7-14)15-13(17)12-8-10-4-2-3-5-11(10)16-12/h2-5,9,12,16H,6,8H2,1H3,(H,15,17). The maximum atomic E-state index is 11.9. The van der Waals surface area contributed by atoms with Gasteiger partial charge in [-0.15, -0.1) is 0 Å². The maximum absolute atomic E-state index is 11.9. The van der Waals surface area contributed by atoms with Gasteiger partial charge in [0.25, 0.3) is 0 Å². The summed E-state index contributed by atoms with van der Waals surface area (Å²) < 4.78 is 0. The molecular formula is C13H15N3O. The molecule has 1 aliphatic rings. The van der Waals surface area contributed by atoms with Gasteiger partial charge in [-0.2, -0.15) is 5.26 Å². The zero-order valence-corrected chi connectivity index (χ0v) is 9.73. The SMILES string of the molecule is CC(CC#N)NC(=O)C1Cc2ccccc2N1. The van der Waals surface area contributed by atoms with E-state index in [1.807, 2.05) is 37.3 Å². The minimum Gasteiger partial charge on any atom is -0.373 e. The van der Waals surface area contributed by atoms with Crippen LogP contribution in [-0.4, -0.2) is 18.0 Å². The summed E-state index contributed by atoms with van der Waals surface area (Å²) in [5, 5.41) is 14.6. The molecule has 1 aliphatic heterocycles. The number of benzene rings is 1. The quantitative estimate of drug-likeness (QED) is 0.824. The minimum absolute atomic E-state index is 0.0380. The molecule has 0 radical (unpaired) electrons. The Morgan fingerprint density at radius 3 is 3.12 bits per heavy atom. The van der Waals surface area contributed by atoms with E-state index in [1.54, 1.807) is 0 Å². The lowest BCUT2D eigenvalue weighted by molar-refractivity contribution is -0.122. The fourth-order valence-electron chi connectivity index (χ4n) is 1.99. The van der Waals surface area contributed by atoms with Gasteiger partial charge in [-0.25, -0.2) is 0 Å². The van der Waals surface area contributed by atoms with Gasteiger partial charge in [0.05, 0.1) is 12.5 Å². The number of hydrogen-bond acceptors (Lipinski definition) is 3. The Balaban J connectivity index is 1.95. The Morgan fingerprint density at radius 2 is 2.41 bits per heavy atom. The van der Waals surface area contributed by atoms with E-state index in [1.165, 1.54) is 5.56 Å². The third-order valence-electron chi connectivity index (χ3n) is 2.87. The lowest BCUT2D eigenvalue weighted by Crippen LogP contribution is -2.42. The molecule has 4 heteroatoms. The highest BCUT2D eigenvalue weighted by Crippen LogP contribution is 2.25. The second-order valence-electron chi connectivity index (χ2n) is 4.33. The molecular weight excluding hydrogens is 214 g/mol. The van der Waals surface area contributed by atoms with Crippen molar-refractivity contribution in [3.8, 4) is 6.07 Å². The van der Waals surface area contributed by atoms with E-state index in [2.05, 4.69) is 10.6 Å². The van der Waals surface area contributed by atoms with Gasteiger partial charge in [0.2, 0.25) is 5.91 Å². The van der Waals surface area contributed by atoms with Crippen molar-refractivity contribution >= 4 is 11.6 Å². The van der Waals surface area contributed by atoms with E-state index in [-0.39, 0.29) is 18.0 Å². The number of nitrogens with one attached hydrogen (secondary N) is 2. The van der Waals surface area contributed by atoms with E-state index in [0.29, 0.717) is 12.8 Å². The van der Waals surface area contributed by atoms with E-state index in [9.17, 15) is 4.79 Å². The smallest absolute Gasteiger partial charge is 0.243 e. The predicted octanol–water partition coefficient (Wildman–Crippen LogP) is 1.44. The van der Waals surface area contributed by atoms with Gasteiger partial charge in [-0.05, 0) is 18.6 Å². The third kappa shape index (κ3) is 2.56. The summed E-state index contributed by atoms with van der Waals surface area (Å²) in [6.45, 7) is 1.84. The fourth-order valence-corrected chi connectivity index (χ4v) is 1.99. The summed E-state index contributed by atoms with van der Waals surface area (Å²) in [6.07, 6.45) is 1.05. The number of carbonyl (C=O) groups excluding carboxylic acids is 1. The van der Waals surface area contributed by atoms with Gasteiger partial charge in [0.15, 0.2) is 0 Å². The van der Waals surface area contributed by atoms with Crippen LogP contribution in [0.4, 0.5) is 5.69 Å². The van der Waals surface area contributed by atoms with Crippen molar-refractivity contribution in [2.45, 2.75) is 31.8 Å². The Hall–Kier alpha value is -2.02. The molecule has 2 rings (SSSR count). The van der Waals surface area contributed by atoms with Gasteiger partial charge >= 0.3 is 0 Å². The van der Waals surface area contributed by atoms with Crippen LogP contribution in [-0.2, 0) is 11.2 Å². The van der Waals surface area contributed by atoms with E-state index in [0.717, 1.165) is 5.69 Å². The van der Waals surface area contributed by atoms with Crippen LogP contribution in [0, 0.1) is 11.3 Å². The number of nitrogens with zero attached hydrogens (tertiary/aromatic N) is 1. The maximum Gasteiger partial charge on any atom is 0.243 e. The van der Waals surface area contributed by atoms with Crippen molar-refractivity contribution in [3.63, 3.8) is 0 Å². The van der Waals surface area contributed by atoms with Crippen LogP contribution >= 0.6 is 0 Å². The zero-order valence-electron chi connectivity index (χ0n) is 9.73. The Kier molecular flexibility index (Phi) is 3.29. The number of rotatable bonds is 3. The monoisotopic (exact) mass is 229 g/mol. The first-order chi connectivity index (χ1) is 8.20. The molecule has 1 aromatic carbocycles. The Morgan fingerprint density at radius 1 is 1.65 bits per heavy atom. The van der Waals surface area contributed by atoms with E-state index < -0.39 is 0 Å². The lowest BCUT2D eigenvalue weighted by Gasteiger charge is -2.15. The van der Waals surface area contributed by atoms with Crippen LogP contribution in [0.15, 0.2) is 24.3 Å². The molecule has 0 saturated heterocycles. The first kappa shape index (κ1) is 11.5. The van der Waals surface area contributed by atoms with Gasteiger partial charge in [-0.3, -0.25) is 4.79 Å². The molecule has 88 valence electrons. The molecule has 17 heavy (non-hydrogen) atoms. The lowest BCUT2D eigenvalue weighted by atomic mass is 10.1. The minimum atomic E-state index is -0.214. The highest BCUT2D eigenvalue weighted by Gasteiger charge is 2.26. The molecule has 1 heterocycles. The van der Waals surface area contributed by atoms with Gasteiger partial charge in [-0.1, -0.05) is 18.2 Å². The zero-order chi connectivity index (χ0) is 12.3. The molecule has 0 bridgehead atoms. The first-order valence-corrected chi connectivity index (χ1v) is 5.72. The van der Waals surface area contributed by atoms with Gasteiger partial charge < -0.3 is 10.6 Å². The second kappa shape index (κ2) is 4.88. The molecule has 0 spiro atoms. The number of para-hydroxylation sites is 1. The number of fused-ring (bicyclic) bond motifs is 1. The van der Waals surface area contributed by atoms with Gasteiger partial charge in [0, 0.05) is 18.2 Å². The summed E-state index contributed by atoms with van der Waals surface area (Å²) in [4.78, 5) is 11.9. The van der Waals surface area contributed by atoms with Crippen LogP contribution < -0.4 is 10.6 Å². The van der Waals surface area contributed by atoms with Crippen molar-refractivity contribution in [2.75, 3.05) is 5.32 Å². The molecule has 0 saturated carbocycles. The third-order valence-corrected chi connectivity index (χ3v) is 2.87. The molecule has 0 aromatic heterocycles. The number of amides is 1. The van der Waals surface area contributed by atoms with Crippen LogP contribution in [0.3, 0.4) is 0 Å². The molecule has 0 fully saturated rings. The second-order valence-corrected chi connectivity index (χ2v) is 4.33. The number of nitriles is 1. The van der Waals surface area contributed by atoms with Crippen LogP contribution in [0.2, 0.25) is 0 Å². The summed E-state index contributed by atoms with van der Waals surface area (Å²) >= 11 is 0. The molecule has 4 nitrogen and oxygen atoms in total. The normalized spacial score (nSPS) is 18.7. The van der Waals surface area contributed by atoms with E-state index >= 15 is 0 Å². The summed E-state index contributed by atoms with van der Waals surface area (Å²) in [7, 11) is 0. The largest absolute Gasteiger partial charge is 0.373 e. The summed E-state index contributed by atoms with van der Waals surface area (Å²) in [5.41, 5.74) is 2.20. The molecule has 2 atom stereocenters. The first-order valence-electron chi connectivity index (χ1n) is 5.72. The van der Waals surface area contributed by atoms with Crippen LogP contribution in [0.1, 0.15) is 18.9 Å². The molecule has 2 N–H and O–H groups in total. The van der Waals surface area contributed by atoms with Gasteiger partial charge in [0.1, 0.15) is 6.04 Å². The molecule has 2 unspecified atom stereocenters. The van der Waals surface area contributed by atoms with Crippen molar-refractivity contribution in [1.29, 1.82) is 5.26 Å². The molecule has 1 amide bonds. The number of hydrogen-bond donors (Lipinski definition) is 2. The highest BCUT2D eigenvalue weighted by atomic mass is 16.2. The van der Waals surface area contributed by atoms with Crippen molar-refractivity contribution in [3.05, 3.63) is 29.8 Å². The van der Waals surface area contributed by atoms with Crippen LogP contribution in [0.25, 0.3) is 0 Å². The Bertz CT molecular complexity index is 439.